The smallest absolute Gasteiger partial charge is 0.261 e. The van der Waals surface area contributed by atoms with E-state index in [0.717, 1.165) is 43.3 Å². The third kappa shape index (κ3) is 5.93. The van der Waals surface area contributed by atoms with Crippen molar-refractivity contribution >= 4 is 47.2 Å². The van der Waals surface area contributed by atoms with Crippen molar-refractivity contribution in [2.75, 3.05) is 33.2 Å². The zero-order valence-corrected chi connectivity index (χ0v) is 18.9. The molecule has 1 unspecified atom stereocenters. The van der Waals surface area contributed by atoms with Crippen molar-refractivity contribution in [3.63, 3.8) is 0 Å². The summed E-state index contributed by atoms with van der Waals surface area (Å²) in [5.74, 6) is 1.44. The standard InChI is InChI=1S/C18H26N6OS.HI/c1-19-18(21-8-4-7-20-17(25)16-5-3-10-26-16)24-9-6-14(13-24)15-11-22-23(2)12-15;/h3,5,10-12,14H,4,6-9,13H2,1-2H3,(H,19,21)(H,20,25);1H. The summed E-state index contributed by atoms with van der Waals surface area (Å²) in [5.41, 5.74) is 1.29. The summed E-state index contributed by atoms with van der Waals surface area (Å²) in [7, 11) is 3.77. The molecule has 2 aromatic heterocycles. The number of hydrogen-bond acceptors (Lipinski definition) is 4. The number of aryl methyl sites for hydroxylation is 1. The summed E-state index contributed by atoms with van der Waals surface area (Å²) in [4.78, 5) is 19.3. The summed E-state index contributed by atoms with van der Waals surface area (Å²) in [6, 6.07) is 3.73. The number of carbonyl (C=O) groups is 1. The Morgan fingerprint density at radius 3 is 2.89 bits per heavy atom. The molecule has 1 saturated heterocycles. The van der Waals surface area contributed by atoms with E-state index in [-0.39, 0.29) is 29.9 Å². The highest BCUT2D eigenvalue weighted by atomic mass is 127. The molecule has 1 amide bonds. The van der Waals surface area contributed by atoms with Crippen LogP contribution in [0.4, 0.5) is 0 Å². The zero-order valence-electron chi connectivity index (χ0n) is 15.7. The Balaban J connectivity index is 0.00000261. The molecule has 0 saturated carbocycles. The van der Waals surface area contributed by atoms with Gasteiger partial charge in [-0.15, -0.1) is 35.3 Å². The van der Waals surface area contributed by atoms with Crippen LogP contribution in [0.1, 0.15) is 34.0 Å². The molecule has 1 fully saturated rings. The number of aromatic nitrogens is 2. The average molecular weight is 502 g/mol. The fraction of sp³-hybridized carbons (Fsp3) is 0.500. The first-order valence-corrected chi connectivity index (χ1v) is 9.81. The molecule has 148 valence electrons. The molecule has 1 aliphatic rings. The van der Waals surface area contributed by atoms with Crippen LogP contribution in [0, 0.1) is 0 Å². The highest BCUT2D eigenvalue weighted by molar-refractivity contribution is 14.0. The first kappa shape index (κ1) is 21.7. The van der Waals surface area contributed by atoms with Crippen molar-refractivity contribution in [3.05, 3.63) is 40.3 Å². The highest BCUT2D eigenvalue weighted by Gasteiger charge is 2.26. The van der Waals surface area contributed by atoms with Crippen LogP contribution in [-0.4, -0.2) is 59.8 Å². The normalized spacial score (nSPS) is 16.9. The van der Waals surface area contributed by atoms with E-state index in [1.54, 1.807) is 0 Å². The monoisotopic (exact) mass is 502 g/mol. The molecular weight excluding hydrogens is 475 g/mol. The average Bonchev–Trinajstić information content (AvgIpc) is 3.38. The Kier molecular flexibility index (Phi) is 8.55. The second kappa shape index (κ2) is 10.6. The van der Waals surface area contributed by atoms with Gasteiger partial charge < -0.3 is 15.5 Å². The number of nitrogens with one attached hydrogen (secondary N) is 2. The van der Waals surface area contributed by atoms with Crippen LogP contribution in [0.2, 0.25) is 0 Å². The second-order valence-corrected chi connectivity index (χ2v) is 7.39. The fourth-order valence-electron chi connectivity index (χ4n) is 3.19. The van der Waals surface area contributed by atoms with Gasteiger partial charge in [0.2, 0.25) is 0 Å². The summed E-state index contributed by atoms with van der Waals surface area (Å²) < 4.78 is 1.86. The summed E-state index contributed by atoms with van der Waals surface area (Å²) in [6.07, 6.45) is 6.03. The van der Waals surface area contributed by atoms with E-state index in [2.05, 4.69) is 31.8 Å². The van der Waals surface area contributed by atoms with Crippen LogP contribution in [0.25, 0.3) is 0 Å². The first-order chi connectivity index (χ1) is 12.7. The fourth-order valence-corrected chi connectivity index (χ4v) is 3.83. The molecule has 0 bridgehead atoms. The van der Waals surface area contributed by atoms with Gasteiger partial charge in [-0.25, -0.2) is 0 Å². The predicted octanol–water partition coefficient (Wildman–Crippen LogP) is 2.28. The molecular formula is C18H27IN6OS. The Labute approximate surface area is 181 Å². The molecule has 1 atom stereocenters. The van der Waals surface area contributed by atoms with Crippen molar-refractivity contribution in [3.8, 4) is 0 Å². The van der Waals surface area contributed by atoms with Crippen LogP contribution in [0.15, 0.2) is 34.9 Å². The lowest BCUT2D eigenvalue weighted by Gasteiger charge is -2.21. The zero-order chi connectivity index (χ0) is 18.4. The minimum atomic E-state index is 0. The van der Waals surface area contributed by atoms with Crippen molar-refractivity contribution < 1.29 is 4.79 Å². The van der Waals surface area contributed by atoms with Crippen molar-refractivity contribution in [1.29, 1.82) is 0 Å². The van der Waals surface area contributed by atoms with Crippen LogP contribution < -0.4 is 10.6 Å². The number of likely N-dealkylation sites (tertiary alicyclic amines) is 1. The molecule has 2 N–H and O–H groups in total. The number of halogens is 1. The SMILES string of the molecule is CN=C(NCCCNC(=O)c1cccs1)N1CCC(c2cnn(C)c2)C1.I. The number of thiophene rings is 1. The van der Waals surface area contributed by atoms with Gasteiger partial charge in [0.05, 0.1) is 11.1 Å². The van der Waals surface area contributed by atoms with Crippen molar-refractivity contribution in [2.24, 2.45) is 12.0 Å². The second-order valence-electron chi connectivity index (χ2n) is 6.44. The molecule has 27 heavy (non-hydrogen) atoms. The Morgan fingerprint density at radius 2 is 2.22 bits per heavy atom. The number of carbonyl (C=O) groups excluding carboxylic acids is 1. The number of hydrogen-bond donors (Lipinski definition) is 2. The number of amides is 1. The topological polar surface area (TPSA) is 74.6 Å². The third-order valence-electron chi connectivity index (χ3n) is 4.56. The van der Waals surface area contributed by atoms with E-state index < -0.39 is 0 Å². The van der Waals surface area contributed by atoms with Crippen LogP contribution in [0.3, 0.4) is 0 Å². The highest BCUT2D eigenvalue weighted by Crippen LogP contribution is 2.26. The summed E-state index contributed by atoms with van der Waals surface area (Å²) >= 11 is 1.46. The van der Waals surface area contributed by atoms with Gasteiger partial charge in [-0.1, -0.05) is 6.07 Å². The van der Waals surface area contributed by atoms with Gasteiger partial charge in [-0.05, 0) is 29.9 Å². The molecule has 1 aliphatic heterocycles. The third-order valence-corrected chi connectivity index (χ3v) is 5.43. The van der Waals surface area contributed by atoms with E-state index in [1.165, 1.54) is 16.9 Å². The Bertz CT molecular complexity index is 745. The molecule has 3 rings (SSSR count). The van der Waals surface area contributed by atoms with Crippen LogP contribution in [0.5, 0.6) is 0 Å². The van der Waals surface area contributed by atoms with E-state index in [9.17, 15) is 4.79 Å². The predicted molar refractivity (Wildman–Crippen MR) is 120 cm³/mol. The van der Waals surface area contributed by atoms with Crippen molar-refractivity contribution in [1.82, 2.24) is 25.3 Å². The molecule has 7 nitrogen and oxygen atoms in total. The first-order valence-electron chi connectivity index (χ1n) is 8.93. The minimum Gasteiger partial charge on any atom is -0.356 e. The molecule has 0 aliphatic carbocycles. The van der Waals surface area contributed by atoms with Gasteiger partial charge >= 0.3 is 0 Å². The maximum atomic E-state index is 11.9. The number of rotatable bonds is 6. The largest absolute Gasteiger partial charge is 0.356 e. The summed E-state index contributed by atoms with van der Waals surface area (Å²) in [6.45, 7) is 3.39. The van der Waals surface area contributed by atoms with Crippen LogP contribution >= 0.6 is 35.3 Å². The number of guanidine groups is 1. The minimum absolute atomic E-state index is 0. The van der Waals surface area contributed by atoms with Gasteiger partial charge in [0.25, 0.3) is 5.91 Å². The van der Waals surface area contributed by atoms with Gasteiger partial charge in [0.1, 0.15) is 0 Å². The van der Waals surface area contributed by atoms with Gasteiger partial charge in [0.15, 0.2) is 5.96 Å². The molecule has 0 radical (unpaired) electrons. The maximum Gasteiger partial charge on any atom is 0.261 e. The van der Waals surface area contributed by atoms with E-state index in [1.807, 2.05) is 42.5 Å². The lowest BCUT2D eigenvalue weighted by atomic mass is 10.0. The lowest BCUT2D eigenvalue weighted by molar-refractivity contribution is 0.0957. The van der Waals surface area contributed by atoms with Crippen molar-refractivity contribution in [2.45, 2.75) is 18.8 Å². The molecule has 3 heterocycles. The maximum absolute atomic E-state index is 11.9. The van der Waals surface area contributed by atoms with Gasteiger partial charge in [0, 0.05) is 52.4 Å². The van der Waals surface area contributed by atoms with Crippen LogP contribution in [-0.2, 0) is 7.05 Å². The van der Waals surface area contributed by atoms with E-state index in [4.69, 9.17) is 0 Å². The Morgan fingerprint density at radius 1 is 1.41 bits per heavy atom. The lowest BCUT2D eigenvalue weighted by Crippen LogP contribution is -2.41. The Hall–Kier alpha value is -1.62. The molecule has 2 aromatic rings. The van der Waals surface area contributed by atoms with E-state index in [0.29, 0.717) is 12.5 Å². The quantitative estimate of drug-likeness (QED) is 0.275. The van der Waals surface area contributed by atoms with Gasteiger partial charge in [-0.3, -0.25) is 14.5 Å². The van der Waals surface area contributed by atoms with E-state index >= 15 is 0 Å². The molecule has 9 heteroatoms. The number of aliphatic imine (C=N–C) groups is 1. The summed E-state index contributed by atoms with van der Waals surface area (Å²) in [5, 5.41) is 12.5. The number of nitrogens with zero attached hydrogens (tertiary/aromatic N) is 4. The molecule has 0 aromatic carbocycles. The molecule has 0 spiro atoms. The van der Waals surface area contributed by atoms with Gasteiger partial charge in [-0.2, -0.15) is 5.10 Å².